The molecular weight excluding hydrogens is 204 g/mol. The summed E-state index contributed by atoms with van der Waals surface area (Å²) in [5.41, 5.74) is 7.56. The number of aromatic nitrogens is 3. The van der Waals surface area contributed by atoms with Crippen LogP contribution >= 0.6 is 0 Å². The molecular formula is C11H14N4O. The Hall–Kier alpha value is -1.62. The molecule has 0 aliphatic heterocycles. The number of imidazole rings is 1. The highest BCUT2D eigenvalue weighted by Crippen LogP contribution is 2.29. The molecule has 16 heavy (non-hydrogen) atoms. The lowest BCUT2D eigenvalue weighted by Gasteiger charge is -2.11. The predicted molar refractivity (Wildman–Crippen MR) is 61.2 cm³/mol. The third-order valence-corrected chi connectivity index (χ3v) is 3.33. The standard InChI is InChI=1S/C11H14N4O/c12-7-1-2-8(5-7)15-10-6-13-4-3-9(10)14-11(15)16/h3-4,6-8H,1-2,5,12H2,(H,14,16). The van der Waals surface area contributed by atoms with Crippen LogP contribution in [-0.2, 0) is 0 Å². The normalized spacial score (nSPS) is 25.3. The Morgan fingerprint density at radius 2 is 2.38 bits per heavy atom. The van der Waals surface area contributed by atoms with Crippen molar-refractivity contribution < 1.29 is 0 Å². The van der Waals surface area contributed by atoms with E-state index in [2.05, 4.69) is 9.97 Å². The van der Waals surface area contributed by atoms with Gasteiger partial charge in [0.25, 0.3) is 0 Å². The first kappa shape index (κ1) is 9.59. The van der Waals surface area contributed by atoms with Crippen molar-refractivity contribution in [3.8, 4) is 0 Å². The molecule has 84 valence electrons. The quantitative estimate of drug-likeness (QED) is 0.742. The lowest BCUT2D eigenvalue weighted by atomic mass is 10.2. The summed E-state index contributed by atoms with van der Waals surface area (Å²) in [6.07, 6.45) is 6.26. The van der Waals surface area contributed by atoms with Crippen molar-refractivity contribution in [2.24, 2.45) is 5.73 Å². The van der Waals surface area contributed by atoms with Gasteiger partial charge in [-0.3, -0.25) is 9.55 Å². The minimum absolute atomic E-state index is 0.0536. The molecule has 2 atom stereocenters. The molecule has 0 saturated heterocycles. The van der Waals surface area contributed by atoms with E-state index in [1.807, 2.05) is 6.07 Å². The van der Waals surface area contributed by atoms with Gasteiger partial charge in [0, 0.05) is 18.3 Å². The Morgan fingerprint density at radius 3 is 3.12 bits per heavy atom. The van der Waals surface area contributed by atoms with Crippen molar-refractivity contribution >= 4 is 11.0 Å². The topological polar surface area (TPSA) is 76.7 Å². The van der Waals surface area contributed by atoms with Crippen molar-refractivity contribution in [1.29, 1.82) is 0 Å². The number of nitrogens with two attached hydrogens (primary N) is 1. The molecule has 0 spiro atoms. The van der Waals surface area contributed by atoms with E-state index in [4.69, 9.17) is 5.73 Å². The Balaban J connectivity index is 2.15. The Morgan fingerprint density at radius 1 is 1.50 bits per heavy atom. The average Bonchev–Trinajstić information content (AvgIpc) is 2.80. The number of pyridine rings is 1. The van der Waals surface area contributed by atoms with Crippen molar-refractivity contribution in [2.75, 3.05) is 0 Å². The van der Waals surface area contributed by atoms with E-state index in [9.17, 15) is 4.79 Å². The summed E-state index contributed by atoms with van der Waals surface area (Å²) in [5, 5.41) is 0. The van der Waals surface area contributed by atoms with Gasteiger partial charge in [0.15, 0.2) is 0 Å². The SMILES string of the molecule is NC1CCC(n2c(=O)[nH]c3ccncc32)C1. The molecule has 1 aliphatic carbocycles. The van der Waals surface area contributed by atoms with Gasteiger partial charge in [-0.25, -0.2) is 4.79 Å². The molecule has 0 amide bonds. The van der Waals surface area contributed by atoms with Crippen LogP contribution in [0.5, 0.6) is 0 Å². The van der Waals surface area contributed by atoms with Crippen molar-refractivity contribution in [2.45, 2.75) is 31.3 Å². The second kappa shape index (κ2) is 3.45. The molecule has 3 N–H and O–H groups in total. The largest absolute Gasteiger partial charge is 0.328 e. The minimum atomic E-state index is -0.0536. The monoisotopic (exact) mass is 218 g/mol. The van der Waals surface area contributed by atoms with E-state index in [-0.39, 0.29) is 17.8 Å². The zero-order valence-corrected chi connectivity index (χ0v) is 8.89. The summed E-state index contributed by atoms with van der Waals surface area (Å²) < 4.78 is 1.80. The predicted octanol–water partition coefficient (Wildman–Crippen LogP) is 0.777. The number of aromatic amines is 1. The molecule has 0 aromatic carbocycles. The summed E-state index contributed by atoms with van der Waals surface area (Å²) in [4.78, 5) is 18.8. The summed E-state index contributed by atoms with van der Waals surface area (Å²) in [7, 11) is 0. The minimum Gasteiger partial charge on any atom is -0.328 e. The molecule has 0 bridgehead atoms. The van der Waals surface area contributed by atoms with Crippen LogP contribution in [0.4, 0.5) is 0 Å². The van der Waals surface area contributed by atoms with Crippen LogP contribution in [0.15, 0.2) is 23.3 Å². The van der Waals surface area contributed by atoms with Crippen LogP contribution in [-0.4, -0.2) is 20.6 Å². The molecule has 1 aliphatic rings. The number of hydrogen-bond donors (Lipinski definition) is 2. The van der Waals surface area contributed by atoms with Crippen LogP contribution in [0.3, 0.4) is 0 Å². The van der Waals surface area contributed by atoms with Gasteiger partial charge in [-0.05, 0) is 25.3 Å². The van der Waals surface area contributed by atoms with Gasteiger partial charge in [-0.2, -0.15) is 0 Å². The van der Waals surface area contributed by atoms with E-state index in [0.29, 0.717) is 0 Å². The molecule has 3 rings (SSSR count). The zero-order valence-electron chi connectivity index (χ0n) is 8.89. The number of hydrogen-bond acceptors (Lipinski definition) is 3. The van der Waals surface area contributed by atoms with Crippen molar-refractivity contribution in [3.05, 3.63) is 28.9 Å². The summed E-state index contributed by atoms with van der Waals surface area (Å²) in [6.45, 7) is 0. The van der Waals surface area contributed by atoms with Crippen molar-refractivity contribution in [1.82, 2.24) is 14.5 Å². The number of rotatable bonds is 1. The van der Waals surface area contributed by atoms with Crippen LogP contribution in [0, 0.1) is 0 Å². The fraction of sp³-hybridized carbons (Fsp3) is 0.455. The molecule has 5 heteroatoms. The first-order valence-corrected chi connectivity index (χ1v) is 5.55. The number of nitrogens with zero attached hydrogens (tertiary/aromatic N) is 2. The number of H-pyrrole nitrogens is 1. The van der Waals surface area contributed by atoms with E-state index >= 15 is 0 Å². The van der Waals surface area contributed by atoms with Gasteiger partial charge in [-0.15, -0.1) is 0 Å². The fourth-order valence-electron chi connectivity index (χ4n) is 2.56. The van der Waals surface area contributed by atoms with Crippen molar-refractivity contribution in [3.63, 3.8) is 0 Å². The van der Waals surface area contributed by atoms with Crippen LogP contribution in [0.2, 0.25) is 0 Å². The second-order valence-corrected chi connectivity index (χ2v) is 4.42. The zero-order chi connectivity index (χ0) is 11.1. The average molecular weight is 218 g/mol. The molecule has 0 radical (unpaired) electrons. The van der Waals surface area contributed by atoms with E-state index < -0.39 is 0 Å². The fourth-order valence-corrected chi connectivity index (χ4v) is 2.56. The number of fused-ring (bicyclic) bond motifs is 1. The Bertz CT molecular complexity index is 571. The van der Waals surface area contributed by atoms with Gasteiger partial charge in [0.2, 0.25) is 0 Å². The highest BCUT2D eigenvalue weighted by atomic mass is 16.1. The first-order chi connectivity index (χ1) is 7.75. The van der Waals surface area contributed by atoms with E-state index in [0.717, 1.165) is 30.3 Å². The Kier molecular flexibility index (Phi) is 2.07. The van der Waals surface area contributed by atoms with Gasteiger partial charge in [0.05, 0.1) is 17.2 Å². The molecule has 2 aromatic rings. The molecule has 5 nitrogen and oxygen atoms in total. The molecule has 1 fully saturated rings. The van der Waals surface area contributed by atoms with Gasteiger partial charge in [0.1, 0.15) is 0 Å². The maximum Gasteiger partial charge on any atom is 0.326 e. The lowest BCUT2D eigenvalue weighted by molar-refractivity contribution is 0.509. The number of nitrogens with one attached hydrogen (secondary N) is 1. The maximum absolute atomic E-state index is 11.9. The summed E-state index contributed by atoms with van der Waals surface area (Å²) in [5.74, 6) is 0. The molecule has 2 unspecified atom stereocenters. The van der Waals surface area contributed by atoms with Gasteiger partial charge in [-0.1, -0.05) is 0 Å². The van der Waals surface area contributed by atoms with E-state index in [1.54, 1.807) is 17.0 Å². The third-order valence-electron chi connectivity index (χ3n) is 3.33. The van der Waals surface area contributed by atoms with Crippen LogP contribution < -0.4 is 11.4 Å². The molecule has 1 saturated carbocycles. The van der Waals surface area contributed by atoms with Gasteiger partial charge >= 0.3 is 5.69 Å². The van der Waals surface area contributed by atoms with Crippen LogP contribution in [0.25, 0.3) is 11.0 Å². The lowest BCUT2D eigenvalue weighted by Crippen LogP contribution is -2.22. The molecule has 2 heterocycles. The summed E-state index contributed by atoms with van der Waals surface area (Å²) >= 11 is 0. The van der Waals surface area contributed by atoms with Crippen LogP contribution in [0.1, 0.15) is 25.3 Å². The van der Waals surface area contributed by atoms with E-state index in [1.165, 1.54) is 0 Å². The first-order valence-electron chi connectivity index (χ1n) is 5.55. The third kappa shape index (κ3) is 1.36. The summed E-state index contributed by atoms with van der Waals surface area (Å²) in [6, 6.07) is 2.27. The highest BCUT2D eigenvalue weighted by molar-refractivity contribution is 5.73. The highest BCUT2D eigenvalue weighted by Gasteiger charge is 2.25. The second-order valence-electron chi connectivity index (χ2n) is 4.42. The van der Waals surface area contributed by atoms with Gasteiger partial charge < -0.3 is 10.7 Å². The smallest absolute Gasteiger partial charge is 0.326 e. The maximum atomic E-state index is 11.9. The Labute approximate surface area is 92.3 Å². The molecule has 2 aromatic heterocycles.